The Kier molecular flexibility index (Phi) is 15.0. The Balaban J connectivity index is 0.00000232. The summed E-state index contributed by atoms with van der Waals surface area (Å²) in [4.78, 5) is 26.0. The number of hydrogen-bond donors (Lipinski definition) is 2. The summed E-state index contributed by atoms with van der Waals surface area (Å²) in [5.41, 5.74) is 3.54. The number of carbonyl (C=O) groups is 2. The van der Waals surface area contributed by atoms with Crippen molar-refractivity contribution in [2.24, 2.45) is 5.41 Å². The van der Waals surface area contributed by atoms with Crippen LogP contribution in [-0.2, 0) is 48.1 Å². The van der Waals surface area contributed by atoms with E-state index in [4.69, 9.17) is 9.47 Å². The molecule has 0 unspecified atom stereocenters. The van der Waals surface area contributed by atoms with Gasteiger partial charge in [0.05, 0.1) is 6.61 Å². The molecule has 0 aromatic heterocycles. The fourth-order valence-electron chi connectivity index (χ4n) is 5.40. The number of ketones is 1. The molecule has 0 atom stereocenters. The minimum absolute atomic E-state index is 0.00110. The highest BCUT2D eigenvalue weighted by atomic mass is 16.6. The van der Waals surface area contributed by atoms with E-state index in [-0.39, 0.29) is 41.0 Å². The van der Waals surface area contributed by atoms with Crippen molar-refractivity contribution in [1.82, 2.24) is 0 Å². The van der Waals surface area contributed by atoms with Gasteiger partial charge in [0.1, 0.15) is 22.7 Å². The number of phenols is 2. The summed E-state index contributed by atoms with van der Waals surface area (Å²) >= 11 is 0. The molecule has 2 aromatic carbocycles. The smallest absolute Gasteiger partial charge is 0.306 e. The van der Waals surface area contributed by atoms with Gasteiger partial charge in [-0.25, -0.2) is 0 Å². The molecule has 6 nitrogen and oxygen atoms in total. The minimum atomic E-state index is -0.988. The second-order valence-electron chi connectivity index (χ2n) is 19.9. The number of ether oxygens (including phenoxy) is 2. The van der Waals surface area contributed by atoms with Crippen molar-refractivity contribution in [3.05, 3.63) is 57.6 Å². The van der Waals surface area contributed by atoms with E-state index in [0.717, 1.165) is 33.4 Å². The van der Waals surface area contributed by atoms with Crippen molar-refractivity contribution in [3.8, 4) is 11.5 Å². The number of aromatic hydroxyl groups is 2. The molecule has 0 radical (unpaired) electrons. The minimum Gasteiger partial charge on any atom is -0.507 e. The molecule has 0 amide bonds. The summed E-state index contributed by atoms with van der Waals surface area (Å²) in [6.45, 7) is 36.8. The highest BCUT2D eigenvalue weighted by Crippen LogP contribution is 2.40. The predicted molar refractivity (Wildman–Crippen MR) is 209 cm³/mol. The number of benzene rings is 2. The van der Waals surface area contributed by atoms with E-state index in [1.807, 2.05) is 45.0 Å². The molecule has 6 heteroatoms. The van der Waals surface area contributed by atoms with Crippen LogP contribution in [0.25, 0.3) is 0 Å². The SMILES string of the molecule is CC(C)(C)C.Cc1cc(CCC(=O)OC(C)(C)CCOC(C)(C)C(=O)CCc2cc(C(C)(C)C)c(O)c(C(C)(C)C)c2)cc(C(C)(C)C)c1O. The van der Waals surface area contributed by atoms with Gasteiger partial charge in [-0.3, -0.25) is 9.59 Å². The van der Waals surface area contributed by atoms with Crippen molar-refractivity contribution >= 4 is 11.8 Å². The van der Waals surface area contributed by atoms with Crippen molar-refractivity contribution in [3.63, 3.8) is 0 Å². The Labute approximate surface area is 305 Å². The molecular formula is C44H72O6. The lowest BCUT2D eigenvalue weighted by Gasteiger charge is -2.29. The predicted octanol–water partition coefficient (Wildman–Crippen LogP) is 11.0. The van der Waals surface area contributed by atoms with E-state index in [2.05, 4.69) is 90.0 Å². The normalized spacial score (nSPS) is 13.1. The summed E-state index contributed by atoms with van der Waals surface area (Å²) < 4.78 is 11.9. The molecular weight excluding hydrogens is 624 g/mol. The fourth-order valence-corrected chi connectivity index (χ4v) is 5.40. The lowest BCUT2D eigenvalue weighted by atomic mass is 9.78. The van der Waals surface area contributed by atoms with Gasteiger partial charge < -0.3 is 19.7 Å². The van der Waals surface area contributed by atoms with Gasteiger partial charge in [-0.2, -0.15) is 0 Å². The number of carbonyl (C=O) groups excluding carboxylic acids is 2. The summed E-state index contributed by atoms with van der Waals surface area (Å²) in [5.74, 6) is 0.346. The zero-order chi connectivity index (χ0) is 39.3. The molecule has 0 aliphatic heterocycles. The molecule has 2 N–H and O–H groups in total. The van der Waals surface area contributed by atoms with Crippen LogP contribution >= 0.6 is 0 Å². The van der Waals surface area contributed by atoms with Crippen LogP contribution in [-0.4, -0.2) is 39.8 Å². The summed E-state index contributed by atoms with van der Waals surface area (Å²) in [5, 5.41) is 21.5. The fraction of sp³-hybridized carbons (Fsp3) is 0.682. The Bertz CT molecular complexity index is 1410. The maximum Gasteiger partial charge on any atom is 0.306 e. The van der Waals surface area contributed by atoms with Crippen molar-refractivity contribution in [2.75, 3.05) is 6.61 Å². The monoisotopic (exact) mass is 697 g/mol. The van der Waals surface area contributed by atoms with Crippen LogP contribution in [0.1, 0.15) is 170 Å². The van der Waals surface area contributed by atoms with Crippen LogP contribution in [0.2, 0.25) is 0 Å². The second-order valence-corrected chi connectivity index (χ2v) is 19.9. The van der Waals surface area contributed by atoms with Crippen LogP contribution in [0, 0.1) is 12.3 Å². The lowest BCUT2D eigenvalue weighted by Crippen LogP contribution is -2.38. The third-order valence-corrected chi connectivity index (χ3v) is 8.44. The number of esters is 1. The summed E-state index contributed by atoms with van der Waals surface area (Å²) in [6.07, 6.45) is 2.07. The first-order valence-corrected chi connectivity index (χ1v) is 18.3. The molecule has 0 aliphatic rings. The van der Waals surface area contributed by atoms with E-state index in [1.54, 1.807) is 13.8 Å². The van der Waals surface area contributed by atoms with Gasteiger partial charge in [0, 0.05) is 19.3 Å². The van der Waals surface area contributed by atoms with Crippen LogP contribution in [0.5, 0.6) is 11.5 Å². The Morgan fingerprint density at radius 3 is 1.40 bits per heavy atom. The topological polar surface area (TPSA) is 93.1 Å². The Morgan fingerprint density at radius 2 is 0.980 bits per heavy atom. The Hall–Kier alpha value is -2.86. The maximum absolute atomic E-state index is 13.3. The van der Waals surface area contributed by atoms with E-state index in [9.17, 15) is 19.8 Å². The standard InChI is InChI=1S/C39H60O6.C5H12/c1-25-21-26(22-28(33(25)42)35(2,3)4)16-18-32(41)45-38(11,12)19-20-44-39(13,14)31(40)17-15-27-23-29(36(5,6)7)34(43)30(24-27)37(8,9)10;1-5(2,3)4/h21-24,42-43H,15-20H2,1-14H3;1-4H3. The van der Waals surface area contributed by atoms with Gasteiger partial charge in [0.2, 0.25) is 0 Å². The van der Waals surface area contributed by atoms with E-state index < -0.39 is 11.2 Å². The molecule has 0 heterocycles. The molecule has 2 rings (SSSR count). The highest BCUT2D eigenvalue weighted by Gasteiger charge is 2.31. The largest absolute Gasteiger partial charge is 0.507 e. The first kappa shape index (κ1) is 45.2. The summed E-state index contributed by atoms with van der Waals surface area (Å²) in [7, 11) is 0. The first-order chi connectivity index (χ1) is 22.2. The van der Waals surface area contributed by atoms with E-state index in [1.165, 1.54) is 0 Å². The van der Waals surface area contributed by atoms with E-state index in [0.29, 0.717) is 42.6 Å². The van der Waals surface area contributed by atoms with Crippen LogP contribution in [0.4, 0.5) is 0 Å². The molecule has 0 fully saturated rings. The highest BCUT2D eigenvalue weighted by molar-refractivity contribution is 5.86. The summed E-state index contributed by atoms with van der Waals surface area (Å²) in [6, 6.07) is 7.94. The van der Waals surface area contributed by atoms with Crippen LogP contribution in [0.3, 0.4) is 0 Å². The van der Waals surface area contributed by atoms with Gasteiger partial charge in [0.25, 0.3) is 0 Å². The van der Waals surface area contributed by atoms with Gasteiger partial charge in [-0.1, -0.05) is 114 Å². The molecule has 2 aromatic rings. The average Bonchev–Trinajstić information content (AvgIpc) is 2.89. The van der Waals surface area contributed by atoms with E-state index >= 15 is 0 Å². The molecule has 0 spiro atoms. The first-order valence-electron chi connectivity index (χ1n) is 18.3. The Morgan fingerprint density at radius 1 is 0.600 bits per heavy atom. The lowest BCUT2D eigenvalue weighted by molar-refractivity contribution is -0.160. The van der Waals surface area contributed by atoms with Crippen molar-refractivity contribution in [1.29, 1.82) is 0 Å². The molecule has 50 heavy (non-hydrogen) atoms. The van der Waals surface area contributed by atoms with Crippen molar-refractivity contribution < 1.29 is 29.3 Å². The molecule has 0 bridgehead atoms. The number of aryl methyl sites for hydroxylation is 3. The van der Waals surface area contributed by atoms with Crippen molar-refractivity contribution in [2.45, 2.75) is 184 Å². The number of Topliss-reactive ketones (excluding diaryl/α,β-unsaturated/α-hetero) is 1. The third-order valence-electron chi connectivity index (χ3n) is 8.44. The van der Waals surface area contributed by atoms with Gasteiger partial charge >= 0.3 is 5.97 Å². The number of phenolic OH excluding ortho intramolecular Hbond substituents is 2. The molecule has 0 saturated heterocycles. The third kappa shape index (κ3) is 15.2. The zero-order valence-electron chi connectivity index (χ0n) is 35.1. The quantitative estimate of drug-likeness (QED) is 0.215. The van der Waals surface area contributed by atoms with Crippen LogP contribution < -0.4 is 0 Å². The molecule has 0 aliphatic carbocycles. The second kappa shape index (κ2) is 16.7. The molecule has 284 valence electrons. The van der Waals surface area contributed by atoms with Gasteiger partial charge in [-0.05, 0) is 103 Å². The number of hydrogen-bond acceptors (Lipinski definition) is 6. The van der Waals surface area contributed by atoms with Gasteiger partial charge in [-0.15, -0.1) is 0 Å². The van der Waals surface area contributed by atoms with Gasteiger partial charge in [0.15, 0.2) is 5.78 Å². The maximum atomic E-state index is 13.3. The average molecular weight is 697 g/mol. The van der Waals surface area contributed by atoms with Crippen LogP contribution in [0.15, 0.2) is 24.3 Å². The number of rotatable bonds is 12. The molecule has 0 saturated carbocycles. The zero-order valence-corrected chi connectivity index (χ0v) is 35.1.